The number of carbonyl (C=O) groups excluding carboxylic acids is 2. The predicted octanol–water partition coefficient (Wildman–Crippen LogP) is 2.28. The van der Waals surface area contributed by atoms with Gasteiger partial charge in [0.1, 0.15) is 23.0 Å². The summed E-state index contributed by atoms with van der Waals surface area (Å²) in [5.41, 5.74) is -2.65. The van der Waals surface area contributed by atoms with Gasteiger partial charge in [0.2, 0.25) is 5.43 Å². The molecule has 32 heavy (non-hydrogen) atoms. The maximum Gasteiger partial charge on any atom is 0.274 e. The van der Waals surface area contributed by atoms with E-state index < -0.39 is 76.8 Å². The molecule has 1 fully saturated rings. The van der Waals surface area contributed by atoms with Crippen molar-refractivity contribution in [3.8, 4) is 5.75 Å². The first-order valence-corrected chi connectivity index (χ1v) is 9.97. The van der Waals surface area contributed by atoms with Crippen LogP contribution in [0, 0.1) is 23.4 Å². The zero-order valence-electron chi connectivity index (χ0n) is 16.7. The van der Waals surface area contributed by atoms with Crippen LogP contribution in [-0.2, 0) is 6.54 Å². The summed E-state index contributed by atoms with van der Waals surface area (Å²) in [4.78, 5) is 39.4. The van der Waals surface area contributed by atoms with E-state index in [0.29, 0.717) is 31.5 Å². The Balaban J connectivity index is 1.70. The van der Waals surface area contributed by atoms with Crippen molar-refractivity contribution in [2.24, 2.45) is 5.92 Å². The molecule has 1 aromatic heterocycles. The van der Waals surface area contributed by atoms with Gasteiger partial charge in [-0.3, -0.25) is 18.8 Å². The summed E-state index contributed by atoms with van der Waals surface area (Å²) in [6.07, 6.45) is 2.10. The van der Waals surface area contributed by atoms with Crippen LogP contribution in [0.5, 0.6) is 5.75 Å². The van der Waals surface area contributed by atoms with E-state index in [1.54, 1.807) is 0 Å². The molecule has 11 heteroatoms. The fraction of sp³-hybridized carbons (Fsp3) is 0.381. The average molecular weight is 453 g/mol. The Labute approximate surface area is 179 Å². The smallest absolute Gasteiger partial charge is 0.274 e. The molecule has 3 heterocycles. The SMILES string of the molecule is O=C(NCc1c(F)cc(F)cc1F)c1cn2c(c(O)c1=O)C(=O)N1CCC[C@H](CF)C2C1. The van der Waals surface area contributed by atoms with Gasteiger partial charge in [-0.25, -0.2) is 13.2 Å². The third-order valence-electron chi connectivity index (χ3n) is 5.99. The second-order valence-corrected chi connectivity index (χ2v) is 7.88. The molecule has 2 N–H and O–H groups in total. The zero-order chi connectivity index (χ0) is 23.2. The molecule has 2 aromatic rings. The summed E-state index contributed by atoms with van der Waals surface area (Å²) in [6.45, 7) is -0.863. The number of aromatic hydroxyl groups is 1. The van der Waals surface area contributed by atoms with Crippen molar-refractivity contribution in [2.45, 2.75) is 25.4 Å². The van der Waals surface area contributed by atoms with Gasteiger partial charge in [0.25, 0.3) is 11.8 Å². The number of aromatic nitrogens is 1. The number of hydrogen-bond donors (Lipinski definition) is 2. The lowest BCUT2D eigenvalue weighted by molar-refractivity contribution is 0.0651. The molecule has 0 saturated carbocycles. The van der Waals surface area contributed by atoms with Crippen LogP contribution in [0.4, 0.5) is 17.6 Å². The van der Waals surface area contributed by atoms with E-state index in [1.165, 1.54) is 9.47 Å². The van der Waals surface area contributed by atoms with Crippen molar-refractivity contribution in [1.82, 2.24) is 14.8 Å². The van der Waals surface area contributed by atoms with Crippen molar-refractivity contribution in [3.05, 3.63) is 62.8 Å². The number of amides is 2. The molecule has 2 aliphatic rings. The van der Waals surface area contributed by atoms with Gasteiger partial charge in [-0.15, -0.1) is 0 Å². The number of carbonyl (C=O) groups is 2. The number of fused-ring (bicyclic) bond motifs is 4. The first-order valence-electron chi connectivity index (χ1n) is 9.97. The molecular weight excluding hydrogens is 434 g/mol. The molecule has 2 atom stereocenters. The third-order valence-corrected chi connectivity index (χ3v) is 5.99. The van der Waals surface area contributed by atoms with Crippen molar-refractivity contribution < 1.29 is 32.3 Å². The number of nitrogens with zero attached hydrogens (tertiary/aromatic N) is 2. The number of alkyl halides is 1. The number of rotatable bonds is 4. The Hall–Kier alpha value is -3.37. The van der Waals surface area contributed by atoms with E-state index in [1.807, 2.05) is 0 Å². The first-order chi connectivity index (χ1) is 15.2. The lowest BCUT2D eigenvalue weighted by Gasteiger charge is -2.36. The molecule has 0 spiro atoms. The molecule has 1 unspecified atom stereocenters. The van der Waals surface area contributed by atoms with E-state index in [9.17, 15) is 37.1 Å². The maximum absolute atomic E-state index is 13.8. The number of pyridine rings is 1. The summed E-state index contributed by atoms with van der Waals surface area (Å²) in [6, 6.07) is 0.301. The highest BCUT2D eigenvalue weighted by Crippen LogP contribution is 2.35. The van der Waals surface area contributed by atoms with Crippen LogP contribution in [0.2, 0.25) is 0 Å². The Morgan fingerprint density at radius 1 is 1.19 bits per heavy atom. The fourth-order valence-electron chi connectivity index (χ4n) is 4.29. The summed E-state index contributed by atoms with van der Waals surface area (Å²) in [7, 11) is 0. The Kier molecular flexibility index (Phi) is 5.66. The van der Waals surface area contributed by atoms with E-state index in [0.717, 1.165) is 6.20 Å². The molecule has 2 aliphatic heterocycles. The first kappa shape index (κ1) is 21.8. The van der Waals surface area contributed by atoms with Crippen LogP contribution in [0.3, 0.4) is 0 Å². The van der Waals surface area contributed by atoms with Gasteiger partial charge in [0.15, 0.2) is 11.4 Å². The van der Waals surface area contributed by atoms with Crippen molar-refractivity contribution >= 4 is 11.8 Å². The molecule has 2 amide bonds. The molecule has 2 bridgehead atoms. The zero-order valence-corrected chi connectivity index (χ0v) is 16.7. The quantitative estimate of drug-likeness (QED) is 0.695. The molecule has 0 radical (unpaired) electrons. The minimum Gasteiger partial charge on any atom is -0.503 e. The highest BCUT2D eigenvalue weighted by atomic mass is 19.1. The predicted molar refractivity (Wildman–Crippen MR) is 103 cm³/mol. The molecule has 7 nitrogen and oxygen atoms in total. The average Bonchev–Trinajstić information content (AvgIpc) is 2.93. The van der Waals surface area contributed by atoms with E-state index in [2.05, 4.69) is 5.32 Å². The maximum atomic E-state index is 13.8. The monoisotopic (exact) mass is 453 g/mol. The van der Waals surface area contributed by atoms with Gasteiger partial charge in [-0.1, -0.05) is 0 Å². The van der Waals surface area contributed by atoms with Crippen LogP contribution < -0.4 is 10.7 Å². The van der Waals surface area contributed by atoms with Gasteiger partial charge < -0.3 is 19.9 Å². The molecule has 170 valence electrons. The summed E-state index contributed by atoms with van der Waals surface area (Å²) < 4.78 is 55.6. The van der Waals surface area contributed by atoms with Crippen molar-refractivity contribution in [3.63, 3.8) is 0 Å². The van der Waals surface area contributed by atoms with Crippen molar-refractivity contribution in [1.29, 1.82) is 0 Å². The Morgan fingerprint density at radius 2 is 1.88 bits per heavy atom. The largest absolute Gasteiger partial charge is 0.503 e. The lowest BCUT2D eigenvalue weighted by atomic mass is 9.95. The second-order valence-electron chi connectivity index (χ2n) is 7.88. The number of hydrogen-bond acceptors (Lipinski definition) is 4. The van der Waals surface area contributed by atoms with E-state index >= 15 is 0 Å². The van der Waals surface area contributed by atoms with Crippen molar-refractivity contribution in [2.75, 3.05) is 19.8 Å². The van der Waals surface area contributed by atoms with Gasteiger partial charge in [-0.2, -0.15) is 0 Å². The number of benzene rings is 1. The Bertz CT molecular complexity index is 1140. The molecule has 0 aliphatic carbocycles. The van der Waals surface area contributed by atoms with Crippen LogP contribution in [0.1, 0.15) is 45.3 Å². The number of nitrogens with one attached hydrogen (secondary N) is 1. The van der Waals surface area contributed by atoms with E-state index in [-0.39, 0.29) is 12.2 Å². The van der Waals surface area contributed by atoms with E-state index in [4.69, 9.17) is 0 Å². The standard InChI is InChI=1S/C21H19F4N3O4/c22-6-10-2-1-3-27-9-16(10)28-8-13(18(29)19(30)17(28)21(27)32)20(31)26-7-12-14(24)4-11(23)5-15(12)25/h4-5,8,10,16,30H,1-3,6-7,9H2,(H,26,31)/t10-,16?/m1/s1. The normalized spacial score (nSPS) is 20.0. The third kappa shape index (κ3) is 3.61. The number of halogens is 4. The Morgan fingerprint density at radius 3 is 2.53 bits per heavy atom. The lowest BCUT2D eigenvalue weighted by Crippen LogP contribution is -2.46. The van der Waals surface area contributed by atoms with Gasteiger partial charge in [0, 0.05) is 49.4 Å². The minimum atomic E-state index is -1.22. The summed E-state index contributed by atoms with van der Waals surface area (Å²) in [5, 5.41) is 12.6. The topological polar surface area (TPSA) is 91.6 Å². The highest BCUT2D eigenvalue weighted by molar-refractivity contribution is 5.99. The summed E-state index contributed by atoms with van der Waals surface area (Å²) >= 11 is 0. The fourth-order valence-corrected chi connectivity index (χ4v) is 4.29. The molecule has 1 aromatic carbocycles. The van der Waals surface area contributed by atoms with Gasteiger partial charge >= 0.3 is 0 Å². The molecule has 1 saturated heterocycles. The van der Waals surface area contributed by atoms with Crippen LogP contribution in [0.15, 0.2) is 23.1 Å². The second kappa shape index (κ2) is 8.29. The van der Waals surface area contributed by atoms with Crippen LogP contribution in [0.25, 0.3) is 0 Å². The van der Waals surface area contributed by atoms with Crippen LogP contribution >= 0.6 is 0 Å². The minimum absolute atomic E-state index is 0.162. The highest BCUT2D eigenvalue weighted by Gasteiger charge is 2.40. The molecule has 4 rings (SSSR count). The molecular formula is C21H19F4N3O4. The van der Waals surface area contributed by atoms with Gasteiger partial charge in [-0.05, 0) is 12.8 Å². The van der Waals surface area contributed by atoms with Gasteiger partial charge in [0.05, 0.1) is 12.7 Å². The summed E-state index contributed by atoms with van der Waals surface area (Å²) in [5.74, 6) is -6.67. The van der Waals surface area contributed by atoms with Crippen LogP contribution in [-0.4, -0.2) is 46.2 Å².